The molecule has 0 aliphatic carbocycles. The highest BCUT2D eigenvalue weighted by molar-refractivity contribution is 5.72. The summed E-state index contributed by atoms with van der Waals surface area (Å²) < 4.78 is 0. The van der Waals surface area contributed by atoms with E-state index in [1.165, 1.54) is 0 Å². The number of aliphatic carboxylic acids is 1. The molecule has 0 fully saturated rings. The fraction of sp³-hybridized carbons (Fsp3) is 0.500. The molecule has 0 aliphatic heterocycles. The maximum Gasteiger partial charge on any atom is 0.320 e. The second-order valence-corrected chi connectivity index (χ2v) is 3.67. The number of nitrogen functional groups attached to an aromatic ring is 1. The van der Waals surface area contributed by atoms with E-state index in [1.807, 2.05) is 0 Å². The van der Waals surface area contributed by atoms with E-state index in [1.54, 1.807) is 12.3 Å². The minimum atomic E-state index is -0.961. The number of carboxylic acids is 1. The summed E-state index contributed by atoms with van der Waals surface area (Å²) in [6.45, 7) is 0.662. The van der Waals surface area contributed by atoms with Crippen LogP contribution in [0.4, 0.5) is 11.8 Å². The quantitative estimate of drug-likeness (QED) is 0.495. The van der Waals surface area contributed by atoms with E-state index < -0.39 is 12.0 Å². The second-order valence-electron chi connectivity index (χ2n) is 3.67. The van der Waals surface area contributed by atoms with Crippen LogP contribution >= 0.6 is 0 Å². The molecular weight excluding hydrogens is 222 g/mol. The van der Waals surface area contributed by atoms with E-state index in [0.29, 0.717) is 24.7 Å². The molecular formula is C10H17N5O2. The number of carbonyl (C=O) groups is 1. The van der Waals surface area contributed by atoms with Gasteiger partial charge in [0.2, 0.25) is 5.95 Å². The van der Waals surface area contributed by atoms with E-state index >= 15 is 0 Å². The van der Waals surface area contributed by atoms with Crippen LogP contribution in [-0.2, 0) is 4.79 Å². The first-order valence-corrected chi connectivity index (χ1v) is 5.40. The summed E-state index contributed by atoms with van der Waals surface area (Å²) in [5.74, 6) is -0.0694. The smallest absolute Gasteiger partial charge is 0.320 e. The van der Waals surface area contributed by atoms with Gasteiger partial charge in [-0.15, -0.1) is 0 Å². The molecule has 7 heteroatoms. The lowest BCUT2D eigenvalue weighted by atomic mass is 10.1. The maximum absolute atomic E-state index is 10.4. The van der Waals surface area contributed by atoms with Crippen molar-refractivity contribution in [1.29, 1.82) is 0 Å². The molecule has 0 bridgehead atoms. The molecule has 1 rings (SSSR count). The summed E-state index contributed by atoms with van der Waals surface area (Å²) in [4.78, 5) is 18.4. The van der Waals surface area contributed by atoms with Crippen molar-refractivity contribution in [2.24, 2.45) is 5.73 Å². The lowest BCUT2D eigenvalue weighted by Gasteiger charge is -2.07. The molecule has 0 saturated carbocycles. The van der Waals surface area contributed by atoms with Crippen molar-refractivity contribution in [3.05, 3.63) is 12.3 Å². The third-order valence-corrected chi connectivity index (χ3v) is 2.22. The number of nitrogens with zero attached hydrogens (tertiary/aromatic N) is 2. The lowest BCUT2D eigenvalue weighted by Crippen LogP contribution is -2.29. The summed E-state index contributed by atoms with van der Waals surface area (Å²) >= 11 is 0. The first kappa shape index (κ1) is 13.2. The van der Waals surface area contributed by atoms with Crippen molar-refractivity contribution < 1.29 is 9.90 Å². The predicted molar refractivity (Wildman–Crippen MR) is 64.4 cm³/mol. The highest BCUT2D eigenvalue weighted by Crippen LogP contribution is 2.03. The molecule has 7 nitrogen and oxygen atoms in total. The fourth-order valence-electron chi connectivity index (χ4n) is 1.27. The van der Waals surface area contributed by atoms with Crippen LogP contribution in [0.15, 0.2) is 12.3 Å². The number of hydrogen-bond donors (Lipinski definition) is 4. The number of nitrogens with one attached hydrogen (secondary N) is 1. The van der Waals surface area contributed by atoms with E-state index in [-0.39, 0.29) is 0 Å². The molecule has 1 heterocycles. The molecule has 0 spiro atoms. The van der Waals surface area contributed by atoms with Crippen LogP contribution in [0.3, 0.4) is 0 Å². The summed E-state index contributed by atoms with van der Waals surface area (Å²) in [7, 11) is 0. The molecule has 0 saturated heterocycles. The first-order chi connectivity index (χ1) is 8.09. The van der Waals surface area contributed by atoms with Gasteiger partial charge in [-0.05, 0) is 25.3 Å². The summed E-state index contributed by atoms with van der Waals surface area (Å²) in [6.07, 6.45) is 3.59. The zero-order chi connectivity index (χ0) is 12.7. The minimum Gasteiger partial charge on any atom is -0.480 e. The van der Waals surface area contributed by atoms with Crippen molar-refractivity contribution in [3.63, 3.8) is 0 Å². The Bertz CT molecular complexity index is 371. The molecule has 0 aromatic carbocycles. The Morgan fingerprint density at radius 2 is 2.29 bits per heavy atom. The number of anilines is 2. The molecule has 1 atom stereocenters. The average Bonchev–Trinajstić information content (AvgIpc) is 2.28. The van der Waals surface area contributed by atoms with Crippen LogP contribution in [0.2, 0.25) is 0 Å². The first-order valence-electron chi connectivity index (χ1n) is 5.40. The van der Waals surface area contributed by atoms with Crippen LogP contribution in [-0.4, -0.2) is 33.6 Å². The third-order valence-electron chi connectivity index (χ3n) is 2.22. The van der Waals surface area contributed by atoms with Gasteiger partial charge in [-0.3, -0.25) is 4.79 Å². The minimum absolute atomic E-state index is 0.412. The zero-order valence-electron chi connectivity index (χ0n) is 9.47. The molecule has 1 unspecified atom stereocenters. The van der Waals surface area contributed by atoms with Gasteiger partial charge in [0.25, 0.3) is 0 Å². The Morgan fingerprint density at radius 1 is 1.53 bits per heavy atom. The van der Waals surface area contributed by atoms with Crippen molar-refractivity contribution in [3.8, 4) is 0 Å². The molecule has 94 valence electrons. The van der Waals surface area contributed by atoms with Gasteiger partial charge in [0.05, 0.1) is 0 Å². The van der Waals surface area contributed by atoms with Gasteiger partial charge in [0.1, 0.15) is 11.9 Å². The van der Waals surface area contributed by atoms with E-state index in [0.717, 1.165) is 12.8 Å². The van der Waals surface area contributed by atoms with E-state index in [4.69, 9.17) is 16.6 Å². The van der Waals surface area contributed by atoms with Gasteiger partial charge >= 0.3 is 5.97 Å². The van der Waals surface area contributed by atoms with Crippen LogP contribution in [0.25, 0.3) is 0 Å². The molecule has 0 amide bonds. The van der Waals surface area contributed by atoms with Gasteiger partial charge in [-0.25, -0.2) is 4.98 Å². The van der Waals surface area contributed by atoms with Gasteiger partial charge in [-0.1, -0.05) is 0 Å². The van der Waals surface area contributed by atoms with Crippen LogP contribution in [0.5, 0.6) is 0 Å². The topological polar surface area (TPSA) is 127 Å². The normalized spacial score (nSPS) is 12.1. The monoisotopic (exact) mass is 239 g/mol. The molecule has 1 aromatic heterocycles. The summed E-state index contributed by atoms with van der Waals surface area (Å²) in [5, 5.41) is 11.6. The zero-order valence-corrected chi connectivity index (χ0v) is 9.47. The SMILES string of the molecule is Nc1ccnc(NCCCCC(N)C(=O)O)n1. The number of carboxylic acid groups (broad SMARTS) is 1. The fourth-order valence-corrected chi connectivity index (χ4v) is 1.27. The largest absolute Gasteiger partial charge is 0.480 e. The van der Waals surface area contributed by atoms with Gasteiger partial charge in [0.15, 0.2) is 0 Å². The number of hydrogen-bond acceptors (Lipinski definition) is 6. The van der Waals surface area contributed by atoms with Crippen LogP contribution < -0.4 is 16.8 Å². The highest BCUT2D eigenvalue weighted by Gasteiger charge is 2.09. The standard InChI is InChI=1S/C10H17N5O2/c11-7(9(16)17)3-1-2-5-13-10-14-6-4-8(12)15-10/h4,6-7H,1-3,5,11H2,(H,16,17)(H3,12,13,14,15). The van der Waals surface area contributed by atoms with Crippen LogP contribution in [0.1, 0.15) is 19.3 Å². The summed E-state index contributed by atoms with van der Waals surface area (Å²) in [5.41, 5.74) is 10.9. The lowest BCUT2D eigenvalue weighted by molar-refractivity contribution is -0.138. The average molecular weight is 239 g/mol. The summed E-state index contributed by atoms with van der Waals surface area (Å²) in [6, 6.07) is 0.829. The van der Waals surface area contributed by atoms with Gasteiger partial charge in [0, 0.05) is 12.7 Å². The Balaban J connectivity index is 2.14. The third kappa shape index (κ3) is 5.12. The Hall–Kier alpha value is -1.89. The van der Waals surface area contributed by atoms with Crippen molar-refractivity contribution in [1.82, 2.24) is 9.97 Å². The van der Waals surface area contributed by atoms with Crippen LogP contribution in [0, 0.1) is 0 Å². The predicted octanol–water partition coefficient (Wildman–Crippen LogP) is 0.0529. The maximum atomic E-state index is 10.4. The molecule has 6 N–H and O–H groups in total. The van der Waals surface area contributed by atoms with Gasteiger partial charge < -0.3 is 21.9 Å². The van der Waals surface area contributed by atoms with E-state index in [2.05, 4.69) is 15.3 Å². The Morgan fingerprint density at radius 3 is 2.94 bits per heavy atom. The van der Waals surface area contributed by atoms with Crippen molar-refractivity contribution in [2.75, 3.05) is 17.6 Å². The molecule has 1 aromatic rings. The molecule has 0 aliphatic rings. The Kier molecular flexibility index (Phi) is 5.15. The number of unbranched alkanes of at least 4 members (excludes halogenated alkanes) is 1. The molecule has 17 heavy (non-hydrogen) atoms. The molecule has 0 radical (unpaired) electrons. The van der Waals surface area contributed by atoms with Crippen molar-refractivity contribution in [2.45, 2.75) is 25.3 Å². The Labute approximate surface area is 99.2 Å². The number of rotatable bonds is 7. The highest BCUT2D eigenvalue weighted by atomic mass is 16.4. The number of aromatic nitrogens is 2. The van der Waals surface area contributed by atoms with Gasteiger partial charge in [-0.2, -0.15) is 4.98 Å². The van der Waals surface area contributed by atoms with Crippen molar-refractivity contribution >= 4 is 17.7 Å². The number of nitrogens with two attached hydrogens (primary N) is 2. The second kappa shape index (κ2) is 6.64. The van der Waals surface area contributed by atoms with E-state index in [9.17, 15) is 4.79 Å².